The van der Waals surface area contributed by atoms with Crippen molar-refractivity contribution < 1.29 is 9.21 Å². The number of carbonyl (C=O) groups excluding carboxylic acids is 1. The molecule has 3 saturated heterocycles. The molecule has 114 valence electrons. The summed E-state index contributed by atoms with van der Waals surface area (Å²) in [7, 11) is 0. The van der Waals surface area contributed by atoms with E-state index in [1.54, 1.807) is 0 Å². The molecule has 1 aromatic heterocycles. The molecule has 3 fully saturated rings. The predicted octanol–water partition coefficient (Wildman–Crippen LogP) is 4.22. The van der Waals surface area contributed by atoms with Crippen LogP contribution >= 0.6 is 0 Å². The molecule has 0 aliphatic carbocycles. The maximum Gasteiger partial charge on any atom is 0.182 e. The van der Waals surface area contributed by atoms with Crippen molar-refractivity contribution in [2.45, 2.75) is 12.8 Å². The number of rotatable bonds is 1. The summed E-state index contributed by atoms with van der Waals surface area (Å²) >= 11 is 0. The smallest absolute Gasteiger partial charge is 0.182 e. The SMILES string of the molecule is O=C1/C(=C\c2ccc3oc4ccccc4c3c2)N2CCC1CC2. The zero-order chi connectivity index (χ0) is 15.4. The molecule has 3 aromatic rings. The van der Waals surface area contributed by atoms with Crippen LogP contribution in [0.4, 0.5) is 0 Å². The molecule has 3 aliphatic rings. The second kappa shape index (κ2) is 4.72. The number of fused-ring (bicyclic) bond motifs is 6. The van der Waals surface area contributed by atoms with E-state index in [9.17, 15) is 4.79 Å². The number of ketones is 1. The molecular weight excluding hydrogens is 286 g/mol. The molecule has 0 amide bonds. The monoisotopic (exact) mass is 303 g/mol. The Bertz CT molecular complexity index is 958. The summed E-state index contributed by atoms with van der Waals surface area (Å²) in [6.45, 7) is 2.03. The van der Waals surface area contributed by atoms with Gasteiger partial charge in [-0.25, -0.2) is 0 Å². The number of piperidine rings is 3. The van der Waals surface area contributed by atoms with Gasteiger partial charge in [0.15, 0.2) is 5.78 Å². The lowest BCUT2D eigenvalue weighted by Gasteiger charge is -2.41. The minimum atomic E-state index is 0.240. The molecule has 2 bridgehead atoms. The van der Waals surface area contributed by atoms with Crippen molar-refractivity contribution in [3.8, 4) is 0 Å². The first kappa shape index (κ1) is 12.9. The van der Waals surface area contributed by atoms with Crippen molar-refractivity contribution in [3.05, 3.63) is 53.7 Å². The lowest BCUT2D eigenvalue weighted by atomic mass is 9.84. The van der Waals surface area contributed by atoms with E-state index in [1.165, 1.54) is 0 Å². The van der Waals surface area contributed by atoms with Gasteiger partial charge in [0.05, 0.1) is 5.70 Å². The average Bonchev–Trinajstić information content (AvgIpc) is 2.96. The zero-order valence-corrected chi connectivity index (χ0v) is 12.8. The summed E-state index contributed by atoms with van der Waals surface area (Å²) in [5, 5.41) is 2.23. The van der Waals surface area contributed by atoms with Crippen LogP contribution in [0.3, 0.4) is 0 Å². The topological polar surface area (TPSA) is 33.5 Å². The minimum absolute atomic E-state index is 0.240. The Hall–Kier alpha value is -2.55. The van der Waals surface area contributed by atoms with Gasteiger partial charge in [0.1, 0.15) is 11.2 Å². The molecule has 3 aliphatic heterocycles. The molecule has 0 saturated carbocycles. The molecule has 3 heteroatoms. The van der Waals surface area contributed by atoms with Crippen LogP contribution in [0.15, 0.2) is 52.6 Å². The maximum absolute atomic E-state index is 12.5. The number of allylic oxidation sites excluding steroid dienone is 1. The lowest BCUT2D eigenvalue weighted by Crippen LogP contribution is -2.45. The third kappa shape index (κ3) is 1.93. The first-order valence-corrected chi connectivity index (χ1v) is 8.22. The van der Waals surface area contributed by atoms with E-state index >= 15 is 0 Å². The summed E-state index contributed by atoms with van der Waals surface area (Å²) in [6, 6.07) is 14.2. The number of hydrogen-bond donors (Lipinski definition) is 0. The molecule has 4 heterocycles. The van der Waals surface area contributed by atoms with E-state index in [2.05, 4.69) is 23.1 Å². The van der Waals surface area contributed by atoms with Gasteiger partial charge in [-0.2, -0.15) is 0 Å². The highest BCUT2D eigenvalue weighted by atomic mass is 16.3. The standard InChI is InChI=1S/C20H17NO2/c22-20-14-7-9-21(10-8-14)17(20)12-13-5-6-19-16(11-13)15-3-1-2-4-18(15)23-19/h1-6,11-12,14H,7-10H2/b17-12+. The molecule has 0 radical (unpaired) electrons. The number of Topliss-reactive ketones (excluding diaryl/α,β-unsaturated/α-hetero) is 1. The molecule has 0 unspecified atom stereocenters. The number of benzene rings is 2. The molecule has 2 aromatic carbocycles. The Labute approximate surface area is 134 Å². The van der Waals surface area contributed by atoms with Crippen LogP contribution in [0.1, 0.15) is 18.4 Å². The zero-order valence-electron chi connectivity index (χ0n) is 12.8. The van der Waals surface area contributed by atoms with E-state index in [-0.39, 0.29) is 5.92 Å². The number of hydrogen-bond acceptors (Lipinski definition) is 3. The Kier molecular flexibility index (Phi) is 2.66. The Morgan fingerprint density at radius 1 is 1.00 bits per heavy atom. The lowest BCUT2D eigenvalue weighted by molar-refractivity contribution is -0.125. The van der Waals surface area contributed by atoms with Crippen molar-refractivity contribution in [3.63, 3.8) is 0 Å². The van der Waals surface area contributed by atoms with Gasteiger partial charge < -0.3 is 9.32 Å². The molecule has 0 spiro atoms. The van der Waals surface area contributed by atoms with Gasteiger partial charge in [0.25, 0.3) is 0 Å². The molecule has 6 rings (SSSR count). The van der Waals surface area contributed by atoms with Crippen LogP contribution in [0.2, 0.25) is 0 Å². The average molecular weight is 303 g/mol. The van der Waals surface area contributed by atoms with Crippen LogP contribution < -0.4 is 0 Å². The summed E-state index contributed by atoms with van der Waals surface area (Å²) in [5.74, 6) is 0.560. The Balaban J connectivity index is 1.64. The van der Waals surface area contributed by atoms with E-state index in [4.69, 9.17) is 4.42 Å². The highest BCUT2D eigenvalue weighted by Crippen LogP contribution is 2.34. The second-order valence-electron chi connectivity index (χ2n) is 6.51. The van der Waals surface area contributed by atoms with Crippen molar-refractivity contribution in [1.29, 1.82) is 0 Å². The highest BCUT2D eigenvalue weighted by molar-refractivity contribution is 6.06. The quantitative estimate of drug-likeness (QED) is 0.631. The summed E-state index contributed by atoms with van der Waals surface area (Å²) in [6.07, 6.45) is 4.08. The summed E-state index contributed by atoms with van der Waals surface area (Å²) in [4.78, 5) is 14.7. The first-order valence-electron chi connectivity index (χ1n) is 8.22. The first-order chi connectivity index (χ1) is 11.3. The Morgan fingerprint density at radius 3 is 2.61 bits per heavy atom. The van der Waals surface area contributed by atoms with E-state index in [0.29, 0.717) is 5.78 Å². The van der Waals surface area contributed by atoms with E-state index < -0.39 is 0 Å². The fraction of sp³-hybridized carbons (Fsp3) is 0.250. The maximum atomic E-state index is 12.5. The van der Waals surface area contributed by atoms with Crippen molar-refractivity contribution in [1.82, 2.24) is 4.90 Å². The van der Waals surface area contributed by atoms with Crippen LogP contribution in [0, 0.1) is 5.92 Å². The van der Waals surface area contributed by atoms with Crippen molar-refractivity contribution >= 4 is 33.8 Å². The van der Waals surface area contributed by atoms with Gasteiger partial charge in [-0.1, -0.05) is 24.3 Å². The molecule has 23 heavy (non-hydrogen) atoms. The molecule has 3 nitrogen and oxygen atoms in total. The summed E-state index contributed by atoms with van der Waals surface area (Å²) < 4.78 is 5.87. The number of nitrogens with zero attached hydrogens (tertiary/aromatic N) is 1. The van der Waals surface area contributed by atoms with Gasteiger partial charge in [-0.15, -0.1) is 0 Å². The minimum Gasteiger partial charge on any atom is -0.456 e. The van der Waals surface area contributed by atoms with Crippen LogP contribution in [-0.2, 0) is 4.79 Å². The van der Waals surface area contributed by atoms with Crippen LogP contribution in [0.25, 0.3) is 28.0 Å². The van der Waals surface area contributed by atoms with Crippen LogP contribution in [0.5, 0.6) is 0 Å². The number of carbonyl (C=O) groups is 1. The largest absolute Gasteiger partial charge is 0.456 e. The van der Waals surface area contributed by atoms with Gasteiger partial charge in [-0.3, -0.25) is 4.79 Å². The van der Waals surface area contributed by atoms with E-state index in [0.717, 1.165) is 59.1 Å². The molecule has 0 N–H and O–H groups in total. The third-order valence-electron chi connectivity index (χ3n) is 5.16. The second-order valence-corrected chi connectivity index (χ2v) is 6.51. The van der Waals surface area contributed by atoms with Crippen molar-refractivity contribution in [2.75, 3.05) is 13.1 Å². The predicted molar refractivity (Wildman–Crippen MR) is 91.0 cm³/mol. The molecular formula is C20H17NO2. The van der Waals surface area contributed by atoms with Crippen molar-refractivity contribution in [2.24, 2.45) is 5.92 Å². The van der Waals surface area contributed by atoms with Gasteiger partial charge >= 0.3 is 0 Å². The normalized spacial score (nSPS) is 20.3. The highest BCUT2D eigenvalue weighted by Gasteiger charge is 2.36. The third-order valence-corrected chi connectivity index (χ3v) is 5.16. The fourth-order valence-corrected chi connectivity index (χ4v) is 3.90. The van der Waals surface area contributed by atoms with Gasteiger partial charge in [0, 0.05) is 29.8 Å². The van der Waals surface area contributed by atoms with E-state index in [1.807, 2.05) is 30.3 Å². The molecule has 0 atom stereocenters. The van der Waals surface area contributed by atoms with Crippen LogP contribution in [-0.4, -0.2) is 23.8 Å². The fourth-order valence-electron chi connectivity index (χ4n) is 3.90. The Morgan fingerprint density at radius 2 is 1.78 bits per heavy atom. The van der Waals surface area contributed by atoms with Gasteiger partial charge in [0.2, 0.25) is 0 Å². The summed E-state index contributed by atoms with van der Waals surface area (Å²) in [5.41, 5.74) is 3.76. The number of para-hydroxylation sites is 1. The number of furan rings is 1. The van der Waals surface area contributed by atoms with Gasteiger partial charge in [-0.05, 0) is 42.7 Å².